The molecule has 2 atom stereocenters. The summed E-state index contributed by atoms with van der Waals surface area (Å²) in [4.78, 5) is 38.8. The highest BCUT2D eigenvalue weighted by atomic mass is 16.6. The third-order valence-corrected chi connectivity index (χ3v) is 4.90. The van der Waals surface area contributed by atoms with Crippen LogP contribution < -0.4 is 10.6 Å². The molecule has 8 heteroatoms. The second kappa shape index (κ2) is 10.6. The Kier molecular flexibility index (Phi) is 7.61. The number of amides is 3. The fraction of sp³-hybridized carbons (Fsp3) is 0.348. The van der Waals surface area contributed by atoms with Crippen LogP contribution in [0.3, 0.4) is 0 Å². The average molecular weight is 425 g/mol. The largest absolute Gasteiger partial charge is 0.438 e. The van der Waals surface area contributed by atoms with Crippen LogP contribution in [0, 0.1) is 0 Å². The summed E-state index contributed by atoms with van der Waals surface area (Å²) in [6, 6.07) is 15.6. The predicted octanol–water partition coefficient (Wildman–Crippen LogP) is 2.86. The molecule has 1 aliphatic heterocycles. The van der Waals surface area contributed by atoms with Crippen LogP contribution in [-0.2, 0) is 25.6 Å². The first kappa shape index (κ1) is 22.3. The van der Waals surface area contributed by atoms with E-state index in [9.17, 15) is 14.4 Å². The smallest absolute Gasteiger partial charge is 0.411 e. The van der Waals surface area contributed by atoms with Crippen molar-refractivity contribution in [3.05, 3.63) is 65.7 Å². The Morgan fingerprint density at radius 1 is 1.10 bits per heavy atom. The van der Waals surface area contributed by atoms with Gasteiger partial charge in [0.1, 0.15) is 6.61 Å². The van der Waals surface area contributed by atoms with Crippen molar-refractivity contribution in [2.75, 3.05) is 25.6 Å². The minimum absolute atomic E-state index is 0.0455. The topological polar surface area (TPSA) is 97.0 Å². The van der Waals surface area contributed by atoms with Gasteiger partial charge >= 0.3 is 6.09 Å². The first-order chi connectivity index (χ1) is 15.0. The number of ether oxygens (including phenoxy) is 2. The Bertz CT molecular complexity index is 901. The molecule has 164 valence electrons. The molecule has 2 aromatic rings. The lowest BCUT2D eigenvalue weighted by atomic mass is 10.00. The van der Waals surface area contributed by atoms with E-state index in [2.05, 4.69) is 10.6 Å². The maximum atomic E-state index is 13.0. The van der Waals surface area contributed by atoms with E-state index in [1.807, 2.05) is 37.3 Å². The van der Waals surface area contributed by atoms with E-state index in [1.165, 1.54) is 12.0 Å². The molecule has 8 nitrogen and oxygen atoms in total. The molecule has 3 amide bonds. The average Bonchev–Trinajstić information content (AvgIpc) is 3.09. The van der Waals surface area contributed by atoms with Crippen LogP contribution in [0.15, 0.2) is 54.6 Å². The van der Waals surface area contributed by atoms with E-state index in [1.54, 1.807) is 24.3 Å². The summed E-state index contributed by atoms with van der Waals surface area (Å²) >= 11 is 0. The number of nitrogens with one attached hydrogen (secondary N) is 2. The molecule has 0 bridgehead atoms. The summed E-state index contributed by atoms with van der Waals surface area (Å²) < 4.78 is 10.4. The number of hydrogen-bond acceptors (Lipinski definition) is 5. The van der Waals surface area contributed by atoms with Crippen LogP contribution >= 0.6 is 0 Å². The predicted molar refractivity (Wildman–Crippen MR) is 115 cm³/mol. The highest BCUT2D eigenvalue weighted by Crippen LogP contribution is 2.34. The van der Waals surface area contributed by atoms with Crippen LogP contribution in [0.2, 0.25) is 0 Å². The van der Waals surface area contributed by atoms with Crippen molar-refractivity contribution in [3.63, 3.8) is 0 Å². The summed E-state index contributed by atoms with van der Waals surface area (Å²) in [7, 11) is 1.45. The Morgan fingerprint density at radius 3 is 2.45 bits per heavy atom. The minimum Gasteiger partial charge on any atom is -0.438 e. The van der Waals surface area contributed by atoms with Crippen LogP contribution in [-0.4, -0.2) is 49.1 Å². The number of rotatable bonds is 9. The quantitative estimate of drug-likeness (QED) is 0.644. The normalized spacial score (nSPS) is 17.9. The number of methoxy groups -OCH3 is 1. The molecule has 1 aliphatic rings. The Balaban J connectivity index is 1.82. The number of cyclic esters (lactones) is 1. The zero-order valence-corrected chi connectivity index (χ0v) is 17.7. The zero-order chi connectivity index (χ0) is 22.2. The molecule has 31 heavy (non-hydrogen) atoms. The number of anilines is 1. The standard InChI is InChI=1S/C23H27N3O5/c1-3-13-24-22(28)20-21(17-9-11-18(12-10-17)25-19(27)15-30-2)31-23(29)26(20)14-16-7-5-4-6-8-16/h4-12,20-21H,3,13-15H2,1-2H3,(H,24,28)(H,25,27). The van der Waals surface area contributed by atoms with Gasteiger partial charge in [-0.3, -0.25) is 14.5 Å². The summed E-state index contributed by atoms with van der Waals surface area (Å²) in [5, 5.41) is 5.59. The third kappa shape index (κ3) is 5.61. The number of carbonyl (C=O) groups excluding carboxylic acids is 3. The number of carbonyl (C=O) groups is 3. The molecule has 0 aromatic heterocycles. The first-order valence-corrected chi connectivity index (χ1v) is 10.2. The Morgan fingerprint density at radius 2 is 1.81 bits per heavy atom. The Hall–Kier alpha value is -3.39. The minimum atomic E-state index is -0.798. The molecule has 2 N–H and O–H groups in total. The second-order valence-corrected chi connectivity index (χ2v) is 7.26. The summed E-state index contributed by atoms with van der Waals surface area (Å²) in [6.45, 7) is 2.70. The summed E-state index contributed by atoms with van der Waals surface area (Å²) in [6.07, 6.45) is -0.508. The molecule has 0 radical (unpaired) electrons. The molecular formula is C23H27N3O5. The van der Waals surface area contributed by atoms with E-state index in [4.69, 9.17) is 9.47 Å². The van der Waals surface area contributed by atoms with Crippen molar-refractivity contribution in [1.82, 2.24) is 10.2 Å². The van der Waals surface area contributed by atoms with Gasteiger partial charge in [0.15, 0.2) is 12.1 Å². The van der Waals surface area contributed by atoms with Crippen LogP contribution in [0.4, 0.5) is 10.5 Å². The SMILES string of the molecule is CCCNC(=O)C1C(c2ccc(NC(=O)COC)cc2)OC(=O)N1Cc1ccccc1. The van der Waals surface area contributed by atoms with Crippen LogP contribution in [0.5, 0.6) is 0 Å². The van der Waals surface area contributed by atoms with E-state index >= 15 is 0 Å². The van der Waals surface area contributed by atoms with Crippen molar-refractivity contribution in [1.29, 1.82) is 0 Å². The fourth-order valence-corrected chi connectivity index (χ4v) is 3.43. The van der Waals surface area contributed by atoms with Crippen molar-refractivity contribution < 1.29 is 23.9 Å². The molecular weight excluding hydrogens is 398 g/mol. The van der Waals surface area contributed by atoms with E-state index < -0.39 is 18.2 Å². The number of nitrogens with zero attached hydrogens (tertiary/aromatic N) is 1. The van der Waals surface area contributed by atoms with Gasteiger partial charge in [0.2, 0.25) is 11.8 Å². The molecule has 3 rings (SSSR count). The van der Waals surface area contributed by atoms with Gasteiger partial charge in [-0.2, -0.15) is 0 Å². The second-order valence-electron chi connectivity index (χ2n) is 7.26. The highest BCUT2D eigenvalue weighted by Gasteiger charge is 2.46. The Labute approximate surface area is 181 Å². The van der Waals surface area contributed by atoms with E-state index in [0.717, 1.165) is 12.0 Å². The molecule has 0 spiro atoms. The zero-order valence-electron chi connectivity index (χ0n) is 17.7. The molecule has 2 aromatic carbocycles. The molecule has 1 fully saturated rings. The van der Waals surface area contributed by atoms with Gasteiger partial charge in [0.25, 0.3) is 0 Å². The lowest BCUT2D eigenvalue weighted by Crippen LogP contribution is -2.46. The van der Waals surface area contributed by atoms with Gasteiger partial charge in [-0.25, -0.2) is 4.79 Å². The van der Waals surface area contributed by atoms with Gasteiger partial charge in [-0.15, -0.1) is 0 Å². The maximum absolute atomic E-state index is 13.0. The van der Waals surface area contributed by atoms with Crippen molar-refractivity contribution in [2.24, 2.45) is 0 Å². The third-order valence-electron chi connectivity index (χ3n) is 4.90. The lowest BCUT2D eigenvalue weighted by molar-refractivity contribution is -0.126. The molecule has 1 heterocycles. The van der Waals surface area contributed by atoms with Gasteiger partial charge in [-0.1, -0.05) is 49.4 Å². The number of hydrogen-bond donors (Lipinski definition) is 2. The fourth-order valence-electron chi connectivity index (χ4n) is 3.43. The van der Waals surface area contributed by atoms with Crippen LogP contribution in [0.25, 0.3) is 0 Å². The monoisotopic (exact) mass is 425 g/mol. The van der Waals surface area contributed by atoms with Crippen molar-refractivity contribution in [3.8, 4) is 0 Å². The molecule has 2 unspecified atom stereocenters. The van der Waals surface area contributed by atoms with Crippen LogP contribution in [0.1, 0.15) is 30.6 Å². The maximum Gasteiger partial charge on any atom is 0.411 e. The van der Waals surface area contributed by atoms with Crippen molar-refractivity contribution >= 4 is 23.6 Å². The molecule has 1 saturated heterocycles. The van der Waals surface area contributed by atoms with Gasteiger partial charge in [0, 0.05) is 19.3 Å². The molecule has 0 aliphatic carbocycles. The van der Waals surface area contributed by atoms with Gasteiger partial charge in [0.05, 0.1) is 6.54 Å². The number of benzene rings is 2. The molecule has 0 saturated carbocycles. The van der Waals surface area contributed by atoms with Gasteiger partial charge in [-0.05, 0) is 29.7 Å². The van der Waals surface area contributed by atoms with E-state index in [-0.39, 0.29) is 25.0 Å². The summed E-state index contributed by atoms with van der Waals surface area (Å²) in [5.41, 5.74) is 2.16. The highest BCUT2D eigenvalue weighted by molar-refractivity contribution is 5.92. The summed E-state index contributed by atoms with van der Waals surface area (Å²) in [5.74, 6) is -0.528. The van der Waals surface area contributed by atoms with Gasteiger partial charge < -0.3 is 20.1 Å². The first-order valence-electron chi connectivity index (χ1n) is 10.2. The van der Waals surface area contributed by atoms with E-state index in [0.29, 0.717) is 17.8 Å². The van der Waals surface area contributed by atoms with Crippen molar-refractivity contribution in [2.45, 2.75) is 32.0 Å². The lowest BCUT2D eigenvalue weighted by Gasteiger charge is -2.24.